The minimum Gasteiger partial charge on any atom is -0.507 e. The summed E-state index contributed by atoms with van der Waals surface area (Å²) in [7, 11) is 0. The number of aromatic nitrogens is 2. The number of nitrogens with one attached hydrogen (secondary N) is 1. The highest BCUT2D eigenvalue weighted by molar-refractivity contribution is 5.89. The number of piperidine rings is 1. The molecule has 1 aromatic heterocycles. The Morgan fingerprint density at radius 1 is 0.971 bits per heavy atom. The summed E-state index contributed by atoms with van der Waals surface area (Å²) >= 11 is 0. The van der Waals surface area contributed by atoms with Crippen molar-refractivity contribution in [2.45, 2.75) is 24.7 Å². The van der Waals surface area contributed by atoms with Crippen LogP contribution in [0.3, 0.4) is 0 Å². The van der Waals surface area contributed by atoms with Crippen LogP contribution in [0.4, 0.5) is 5.69 Å². The molecule has 3 fully saturated rings. The summed E-state index contributed by atoms with van der Waals surface area (Å²) in [4.78, 5) is 18.4. The Morgan fingerprint density at radius 2 is 1.71 bits per heavy atom. The second-order valence-electron chi connectivity index (χ2n) is 10.3. The van der Waals surface area contributed by atoms with Crippen LogP contribution in [0.2, 0.25) is 0 Å². The molecule has 3 aromatic rings. The van der Waals surface area contributed by atoms with Gasteiger partial charge in [0, 0.05) is 43.7 Å². The van der Waals surface area contributed by atoms with E-state index in [1.54, 1.807) is 18.3 Å². The largest absolute Gasteiger partial charge is 0.507 e. The van der Waals surface area contributed by atoms with E-state index in [0.717, 1.165) is 69.8 Å². The minimum absolute atomic E-state index is 0.191. The molecule has 4 heterocycles. The third-order valence-electron chi connectivity index (χ3n) is 8.21. The Balaban J connectivity index is 1.23. The first-order valence-corrected chi connectivity index (χ1v) is 12.5. The van der Waals surface area contributed by atoms with Gasteiger partial charge in [0.1, 0.15) is 5.75 Å². The number of para-hydroxylation sites is 1. The number of nitrogens with zero attached hydrogens (tertiary/aromatic N) is 4. The zero-order chi connectivity index (χ0) is 23.9. The number of hydrogen-bond acceptors (Lipinski definition) is 6. The van der Waals surface area contributed by atoms with Crippen LogP contribution in [0.25, 0.3) is 11.3 Å². The number of rotatable bonds is 4. The standard InChI is InChI=1S/C28H31N5O2/c34-25-9-5-4-8-23(25)24-16-22(17-30-31-24)32-14-11-28(12-15-32,21-6-2-1-3-7-21)26(35)33-19-27(20-33)10-13-29-18-27/h1-9,16-17,29,34H,10-15,18-20H2. The maximum absolute atomic E-state index is 14.0. The Bertz CT molecular complexity index is 1210. The van der Waals surface area contributed by atoms with Gasteiger partial charge in [-0.2, -0.15) is 10.2 Å². The number of carbonyl (C=O) groups excluding carboxylic acids is 1. The topological polar surface area (TPSA) is 81.6 Å². The van der Waals surface area contributed by atoms with E-state index in [2.05, 4.69) is 37.4 Å². The van der Waals surface area contributed by atoms with Crippen LogP contribution in [-0.4, -0.2) is 65.4 Å². The van der Waals surface area contributed by atoms with E-state index in [-0.39, 0.29) is 17.1 Å². The molecule has 0 radical (unpaired) electrons. The summed E-state index contributed by atoms with van der Waals surface area (Å²) in [5.74, 6) is 0.472. The number of carbonyl (C=O) groups is 1. The Hall–Kier alpha value is -3.45. The van der Waals surface area contributed by atoms with Crippen LogP contribution in [0.1, 0.15) is 24.8 Å². The maximum Gasteiger partial charge on any atom is 0.233 e. The molecule has 35 heavy (non-hydrogen) atoms. The molecule has 7 heteroatoms. The normalized spacial score (nSPS) is 20.6. The van der Waals surface area contributed by atoms with Crippen LogP contribution in [0, 0.1) is 5.41 Å². The molecule has 0 saturated carbocycles. The van der Waals surface area contributed by atoms with Crippen LogP contribution in [0.15, 0.2) is 66.9 Å². The molecule has 0 atom stereocenters. The van der Waals surface area contributed by atoms with E-state index in [4.69, 9.17) is 0 Å². The smallest absolute Gasteiger partial charge is 0.233 e. The fraction of sp³-hybridized carbons (Fsp3) is 0.393. The summed E-state index contributed by atoms with van der Waals surface area (Å²) in [6, 6.07) is 19.5. The summed E-state index contributed by atoms with van der Waals surface area (Å²) in [6.45, 7) is 5.34. The molecule has 3 aliphatic heterocycles. The maximum atomic E-state index is 14.0. The van der Waals surface area contributed by atoms with Gasteiger partial charge in [0.2, 0.25) is 5.91 Å². The van der Waals surface area contributed by atoms with E-state index in [9.17, 15) is 9.90 Å². The number of phenols is 1. The predicted molar refractivity (Wildman–Crippen MR) is 135 cm³/mol. The van der Waals surface area contributed by atoms with Crippen molar-refractivity contribution in [1.29, 1.82) is 0 Å². The highest BCUT2D eigenvalue weighted by atomic mass is 16.3. The molecule has 3 aliphatic rings. The lowest BCUT2D eigenvalue weighted by molar-refractivity contribution is -0.149. The molecule has 180 valence electrons. The molecule has 0 bridgehead atoms. The van der Waals surface area contributed by atoms with Crippen LogP contribution < -0.4 is 10.2 Å². The molecule has 3 saturated heterocycles. The van der Waals surface area contributed by atoms with Crippen molar-refractivity contribution in [1.82, 2.24) is 20.4 Å². The van der Waals surface area contributed by atoms with Gasteiger partial charge in [0.25, 0.3) is 0 Å². The number of likely N-dealkylation sites (tertiary alicyclic amines) is 1. The molecule has 2 N–H and O–H groups in total. The fourth-order valence-corrected chi connectivity index (χ4v) is 6.16. The molecule has 1 spiro atoms. The summed E-state index contributed by atoms with van der Waals surface area (Å²) in [5, 5.41) is 22.2. The predicted octanol–water partition coefficient (Wildman–Crippen LogP) is 3.21. The van der Waals surface area contributed by atoms with Crippen molar-refractivity contribution in [3.05, 3.63) is 72.4 Å². The van der Waals surface area contributed by atoms with E-state index < -0.39 is 5.41 Å². The molecule has 1 amide bonds. The lowest BCUT2D eigenvalue weighted by atomic mass is 9.69. The van der Waals surface area contributed by atoms with E-state index >= 15 is 0 Å². The molecular formula is C28H31N5O2. The van der Waals surface area contributed by atoms with E-state index in [1.807, 2.05) is 36.4 Å². The van der Waals surface area contributed by atoms with Gasteiger partial charge in [-0.15, -0.1) is 0 Å². The Labute approximate surface area is 205 Å². The van der Waals surface area contributed by atoms with Crippen molar-refractivity contribution >= 4 is 11.6 Å². The van der Waals surface area contributed by atoms with E-state index in [0.29, 0.717) is 11.3 Å². The van der Waals surface area contributed by atoms with Crippen LogP contribution in [-0.2, 0) is 10.2 Å². The minimum atomic E-state index is -0.494. The van der Waals surface area contributed by atoms with Crippen molar-refractivity contribution in [2.75, 3.05) is 44.2 Å². The molecule has 2 aromatic carbocycles. The highest BCUT2D eigenvalue weighted by Gasteiger charge is 2.53. The van der Waals surface area contributed by atoms with E-state index in [1.165, 1.54) is 0 Å². The average molecular weight is 470 g/mol. The summed E-state index contributed by atoms with van der Waals surface area (Å²) in [5.41, 5.74) is 3.20. The zero-order valence-corrected chi connectivity index (χ0v) is 19.9. The van der Waals surface area contributed by atoms with Crippen molar-refractivity contribution in [2.24, 2.45) is 5.41 Å². The second kappa shape index (κ2) is 8.64. The van der Waals surface area contributed by atoms with Crippen molar-refractivity contribution in [3.8, 4) is 17.0 Å². The van der Waals surface area contributed by atoms with Crippen LogP contribution >= 0.6 is 0 Å². The number of aromatic hydroxyl groups is 1. The fourth-order valence-electron chi connectivity index (χ4n) is 6.16. The number of anilines is 1. The van der Waals surface area contributed by atoms with Gasteiger partial charge in [-0.1, -0.05) is 42.5 Å². The first-order valence-electron chi connectivity index (χ1n) is 12.5. The van der Waals surface area contributed by atoms with Gasteiger partial charge in [0.15, 0.2) is 0 Å². The SMILES string of the molecule is O=C(N1CC2(CCNC2)C1)C1(c2ccccc2)CCN(c2cnnc(-c3ccccc3O)c2)CC1. The molecule has 0 unspecified atom stereocenters. The number of hydrogen-bond donors (Lipinski definition) is 2. The Kier molecular flexibility index (Phi) is 5.44. The van der Waals surface area contributed by atoms with Gasteiger partial charge in [-0.05, 0) is 49.6 Å². The zero-order valence-electron chi connectivity index (χ0n) is 19.9. The lowest BCUT2D eigenvalue weighted by Gasteiger charge is -2.52. The lowest BCUT2D eigenvalue weighted by Crippen LogP contribution is -2.64. The van der Waals surface area contributed by atoms with Crippen molar-refractivity contribution in [3.63, 3.8) is 0 Å². The molecule has 0 aliphatic carbocycles. The third kappa shape index (κ3) is 3.84. The van der Waals surface area contributed by atoms with Gasteiger partial charge in [-0.25, -0.2) is 0 Å². The monoisotopic (exact) mass is 469 g/mol. The molecular weight excluding hydrogens is 438 g/mol. The van der Waals surface area contributed by atoms with Crippen LogP contribution in [0.5, 0.6) is 5.75 Å². The number of amides is 1. The first-order chi connectivity index (χ1) is 17.1. The van der Waals surface area contributed by atoms with Gasteiger partial charge >= 0.3 is 0 Å². The third-order valence-corrected chi connectivity index (χ3v) is 8.21. The van der Waals surface area contributed by atoms with Gasteiger partial charge in [0.05, 0.1) is 23.0 Å². The summed E-state index contributed by atoms with van der Waals surface area (Å²) < 4.78 is 0. The number of benzene rings is 2. The van der Waals surface area contributed by atoms with Gasteiger partial charge < -0.3 is 20.2 Å². The molecule has 7 nitrogen and oxygen atoms in total. The van der Waals surface area contributed by atoms with Gasteiger partial charge in [-0.3, -0.25) is 4.79 Å². The first kappa shape index (κ1) is 22.0. The summed E-state index contributed by atoms with van der Waals surface area (Å²) in [6.07, 6.45) is 4.45. The average Bonchev–Trinajstić information content (AvgIpc) is 3.39. The highest BCUT2D eigenvalue weighted by Crippen LogP contribution is 2.44. The van der Waals surface area contributed by atoms with Crippen molar-refractivity contribution < 1.29 is 9.90 Å². The molecule has 6 rings (SSSR count). The quantitative estimate of drug-likeness (QED) is 0.611. The second-order valence-corrected chi connectivity index (χ2v) is 10.3. The Morgan fingerprint density at radius 3 is 2.43 bits per heavy atom. The number of phenolic OH excluding ortho intramolecular Hbond substituents is 1.